The Balaban J connectivity index is 1.90. The number of rotatable bonds is 3. The Hall–Kier alpha value is -1.34. The van der Waals surface area contributed by atoms with Crippen LogP contribution in [-0.4, -0.2) is 25.0 Å². The fourth-order valence-corrected chi connectivity index (χ4v) is 4.48. The van der Waals surface area contributed by atoms with Gasteiger partial charge in [-0.2, -0.15) is 0 Å². The average molecular weight is 295 g/mol. The first kappa shape index (κ1) is 15.6. The van der Waals surface area contributed by atoms with Crippen LogP contribution in [0.25, 0.3) is 0 Å². The molecule has 3 atom stereocenters. The van der Waals surface area contributed by atoms with Gasteiger partial charge in [-0.1, -0.05) is 53.1 Å². The summed E-state index contributed by atoms with van der Waals surface area (Å²) in [5, 5.41) is 0. The first-order chi connectivity index (χ1) is 10.6. The molecule has 0 N–H and O–H groups in total. The van der Waals surface area contributed by atoms with Gasteiger partial charge in [-0.05, 0) is 71.0 Å². The van der Waals surface area contributed by atoms with Crippen LogP contribution in [0, 0.1) is 5.92 Å². The summed E-state index contributed by atoms with van der Waals surface area (Å²) in [6.45, 7) is 4.59. The van der Waals surface area contributed by atoms with Gasteiger partial charge in [0.25, 0.3) is 0 Å². The Bertz CT molecular complexity index is 579. The molecule has 1 nitrogen and oxygen atoms in total. The molecule has 3 unspecified atom stereocenters. The van der Waals surface area contributed by atoms with Gasteiger partial charge in [0.1, 0.15) is 0 Å². The van der Waals surface area contributed by atoms with E-state index in [1.807, 2.05) is 0 Å². The van der Waals surface area contributed by atoms with Gasteiger partial charge in [0.15, 0.2) is 0 Å². The monoisotopic (exact) mass is 295 g/mol. The highest BCUT2D eigenvalue weighted by Gasteiger charge is 2.35. The van der Waals surface area contributed by atoms with Crippen LogP contribution in [0.4, 0.5) is 0 Å². The zero-order chi connectivity index (χ0) is 15.7. The van der Waals surface area contributed by atoms with Crippen molar-refractivity contribution in [1.82, 2.24) is 4.90 Å². The molecule has 3 rings (SSSR count). The van der Waals surface area contributed by atoms with Gasteiger partial charge in [0.2, 0.25) is 0 Å². The third-order valence-electron chi connectivity index (χ3n) is 5.67. The third kappa shape index (κ3) is 3.05. The van der Waals surface area contributed by atoms with Crippen LogP contribution in [0.5, 0.6) is 0 Å². The quantitative estimate of drug-likeness (QED) is 0.744. The lowest BCUT2D eigenvalue weighted by Crippen LogP contribution is -2.36. The fraction of sp³-hybridized carbons (Fsp3) is 0.524. The molecule has 2 aliphatic rings. The maximum absolute atomic E-state index is 2.42. The summed E-state index contributed by atoms with van der Waals surface area (Å²) in [5.74, 6) is 1.40. The number of benzene rings is 1. The van der Waals surface area contributed by atoms with E-state index in [2.05, 4.69) is 69.3 Å². The Morgan fingerprint density at radius 1 is 0.955 bits per heavy atom. The summed E-state index contributed by atoms with van der Waals surface area (Å²) in [5.41, 5.74) is 6.31. The van der Waals surface area contributed by atoms with Gasteiger partial charge in [0.05, 0.1) is 0 Å². The van der Waals surface area contributed by atoms with Crippen molar-refractivity contribution in [3.8, 4) is 0 Å². The van der Waals surface area contributed by atoms with Crippen LogP contribution in [0.2, 0.25) is 0 Å². The molecule has 1 heteroatoms. The van der Waals surface area contributed by atoms with Crippen molar-refractivity contribution in [2.75, 3.05) is 14.1 Å². The second-order valence-electron chi connectivity index (χ2n) is 7.43. The molecule has 0 spiro atoms. The highest BCUT2D eigenvalue weighted by atomic mass is 15.1. The molecule has 2 aliphatic carbocycles. The van der Waals surface area contributed by atoms with Crippen LogP contribution in [0.3, 0.4) is 0 Å². The molecule has 1 fully saturated rings. The molecule has 1 aromatic carbocycles. The van der Waals surface area contributed by atoms with E-state index >= 15 is 0 Å². The van der Waals surface area contributed by atoms with Gasteiger partial charge in [-0.3, -0.25) is 0 Å². The molecule has 0 aliphatic heterocycles. The first-order valence-electron chi connectivity index (χ1n) is 8.64. The van der Waals surface area contributed by atoms with Gasteiger partial charge in [-0.15, -0.1) is 0 Å². The van der Waals surface area contributed by atoms with Crippen LogP contribution in [0.15, 0.2) is 53.1 Å². The highest BCUT2D eigenvalue weighted by molar-refractivity contribution is 5.40. The molecule has 0 saturated heterocycles. The summed E-state index contributed by atoms with van der Waals surface area (Å²) in [6.07, 6.45) is 7.55. The van der Waals surface area contributed by atoms with Crippen molar-refractivity contribution >= 4 is 0 Å². The number of allylic oxidation sites excluding steroid dienone is 4. The lowest BCUT2D eigenvalue weighted by molar-refractivity contribution is 0.184. The number of hydrogen-bond acceptors (Lipinski definition) is 1. The van der Waals surface area contributed by atoms with Crippen molar-refractivity contribution in [3.05, 3.63) is 58.7 Å². The van der Waals surface area contributed by atoms with Gasteiger partial charge in [-0.25, -0.2) is 0 Å². The van der Waals surface area contributed by atoms with Crippen LogP contribution in [0.1, 0.15) is 51.0 Å². The molecule has 0 heterocycles. The van der Waals surface area contributed by atoms with E-state index in [0.29, 0.717) is 5.92 Å². The van der Waals surface area contributed by atoms with Crippen molar-refractivity contribution in [2.45, 2.75) is 51.5 Å². The van der Waals surface area contributed by atoms with Crippen molar-refractivity contribution in [3.63, 3.8) is 0 Å². The van der Waals surface area contributed by atoms with Gasteiger partial charge < -0.3 is 4.90 Å². The van der Waals surface area contributed by atoms with Crippen molar-refractivity contribution < 1.29 is 0 Å². The van der Waals surface area contributed by atoms with Crippen LogP contribution >= 0.6 is 0 Å². The van der Waals surface area contributed by atoms with E-state index in [9.17, 15) is 0 Å². The molecule has 0 amide bonds. The predicted molar refractivity (Wildman–Crippen MR) is 95.1 cm³/mol. The Morgan fingerprint density at radius 2 is 1.68 bits per heavy atom. The van der Waals surface area contributed by atoms with E-state index in [-0.39, 0.29) is 0 Å². The third-order valence-corrected chi connectivity index (χ3v) is 5.67. The molecular formula is C21H29N. The Kier molecular flexibility index (Phi) is 4.54. The SMILES string of the molecule is CC1=CC(C)=C(C2CCC(N(C)C)CC2c2ccccc2)C1. The summed E-state index contributed by atoms with van der Waals surface area (Å²) in [7, 11) is 4.47. The van der Waals surface area contributed by atoms with Crippen LogP contribution in [-0.2, 0) is 0 Å². The zero-order valence-electron chi connectivity index (χ0n) is 14.5. The standard InChI is InChI=1S/C21H29N/c1-15-12-16(2)20(13-15)19-11-10-18(22(3)4)14-21(19)17-8-6-5-7-9-17/h5-9,12,18-19,21H,10-11,13-14H2,1-4H3. The summed E-state index contributed by atoms with van der Waals surface area (Å²) in [4.78, 5) is 2.42. The normalized spacial score (nSPS) is 29.1. The summed E-state index contributed by atoms with van der Waals surface area (Å²) in [6, 6.07) is 11.9. The zero-order valence-corrected chi connectivity index (χ0v) is 14.5. The second kappa shape index (κ2) is 6.42. The van der Waals surface area contributed by atoms with Crippen molar-refractivity contribution in [2.24, 2.45) is 5.92 Å². The smallest absolute Gasteiger partial charge is 0.00954 e. The molecule has 0 aromatic heterocycles. The average Bonchev–Trinajstić information content (AvgIpc) is 2.86. The fourth-order valence-electron chi connectivity index (χ4n) is 4.48. The number of nitrogens with zero attached hydrogens (tertiary/aromatic N) is 1. The largest absolute Gasteiger partial charge is 0.306 e. The minimum atomic E-state index is 0.673. The van der Waals surface area contributed by atoms with E-state index in [1.54, 1.807) is 5.57 Å². The first-order valence-corrected chi connectivity index (χ1v) is 8.64. The molecule has 118 valence electrons. The maximum Gasteiger partial charge on any atom is 0.00954 e. The minimum absolute atomic E-state index is 0.673. The van der Waals surface area contributed by atoms with Crippen LogP contribution < -0.4 is 0 Å². The minimum Gasteiger partial charge on any atom is -0.306 e. The number of hydrogen-bond donors (Lipinski definition) is 0. The lowest BCUT2D eigenvalue weighted by atomic mass is 9.69. The highest BCUT2D eigenvalue weighted by Crippen LogP contribution is 2.46. The molecule has 1 saturated carbocycles. The molecule has 1 aromatic rings. The van der Waals surface area contributed by atoms with E-state index in [4.69, 9.17) is 0 Å². The van der Waals surface area contributed by atoms with E-state index < -0.39 is 0 Å². The van der Waals surface area contributed by atoms with E-state index in [0.717, 1.165) is 12.0 Å². The summed E-state index contributed by atoms with van der Waals surface area (Å²) >= 11 is 0. The van der Waals surface area contributed by atoms with Crippen molar-refractivity contribution in [1.29, 1.82) is 0 Å². The summed E-state index contributed by atoms with van der Waals surface area (Å²) < 4.78 is 0. The van der Waals surface area contributed by atoms with Gasteiger partial charge in [0, 0.05) is 6.04 Å². The molecule has 22 heavy (non-hydrogen) atoms. The predicted octanol–water partition coefficient (Wildman–Crippen LogP) is 5.17. The maximum atomic E-state index is 2.42. The Morgan fingerprint density at radius 3 is 2.27 bits per heavy atom. The second-order valence-corrected chi connectivity index (χ2v) is 7.43. The lowest BCUT2D eigenvalue weighted by Gasteiger charge is -2.40. The Labute approximate surface area is 135 Å². The van der Waals surface area contributed by atoms with Gasteiger partial charge >= 0.3 is 0 Å². The van der Waals surface area contributed by atoms with E-state index in [1.165, 1.54) is 42.4 Å². The molecule has 0 bridgehead atoms. The molecule has 0 radical (unpaired) electrons. The topological polar surface area (TPSA) is 3.24 Å². The molecular weight excluding hydrogens is 266 g/mol.